The Kier molecular flexibility index (Phi) is 7.39. The second-order valence-electron chi connectivity index (χ2n) is 7.54. The van der Waals surface area contributed by atoms with Gasteiger partial charge in [-0.1, -0.05) is 18.2 Å². The number of ether oxygens (including phenoxy) is 1. The fraction of sp³-hybridized carbons (Fsp3) is 0.333. The lowest BCUT2D eigenvalue weighted by Crippen LogP contribution is -2.48. The maximum atomic E-state index is 5.89. The molecule has 0 saturated carbocycles. The third kappa shape index (κ3) is 6.21. The molecule has 0 amide bonds. The van der Waals surface area contributed by atoms with Gasteiger partial charge in [0.2, 0.25) is 0 Å². The van der Waals surface area contributed by atoms with Crippen LogP contribution in [-0.4, -0.2) is 37.1 Å². The molecule has 0 radical (unpaired) electrons. The highest BCUT2D eigenvalue weighted by Gasteiger charge is 2.20. The van der Waals surface area contributed by atoms with Crippen LogP contribution in [0.4, 0.5) is 5.00 Å². The van der Waals surface area contributed by atoms with Crippen molar-refractivity contribution >= 4 is 22.3 Å². The molecule has 0 bridgehead atoms. The highest BCUT2D eigenvalue weighted by Crippen LogP contribution is 2.24. The summed E-state index contributed by atoms with van der Waals surface area (Å²) in [4.78, 5) is 11.2. The summed E-state index contributed by atoms with van der Waals surface area (Å²) in [6, 6.07) is 18.7. The molecule has 3 aromatic rings. The fourth-order valence-electron chi connectivity index (χ4n) is 3.65. The summed E-state index contributed by atoms with van der Waals surface area (Å²) in [6.07, 6.45) is 3.99. The molecule has 1 aromatic carbocycles. The van der Waals surface area contributed by atoms with Crippen molar-refractivity contribution in [2.45, 2.75) is 32.0 Å². The Morgan fingerprint density at radius 3 is 2.81 bits per heavy atom. The van der Waals surface area contributed by atoms with E-state index in [4.69, 9.17) is 4.74 Å². The van der Waals surface area contributed by atoms with Crippen LogP contribution in [-0.2, 0) is 13.2 Å². The fourth-order valence-corrected chi connectivity index (χ4v) is 4.44. The molecule has 0 spiro atoms. The van der Waals surface area contributed by atoms with Crippen molar-refractivity contribution in [2.75, 3.05) is 25.0 Å². The van der Waals surface area contributed by atoms with Gasteiger partial charge in [-0.25, -0.2) is 0 Å². The number of hydrogen-bond acceptors (Lipinski definition) is 5. The van der Waals surface area contributed by atoms with Crippen LogP contribution >= 0.6 is 11.3 Å². The first kappa shape index (κ1) is 21.2. The third-order valence-corrected chi connectivity index (χ3v) is 6.28. The van der Waals surface area contributed by atoms with Crippen molar-refractivity contribution in [2.24, 2.45) is 4.99 Å². The summed E-state index contributed by atoms with van der Waals surface area (Å²) in [7, 11) is 1.82. The molecule has 1 saturated heterocycles. The molecule has 0 atom stereocenters. The Morgan fingerprint density at radius 1 is 1.16 bits per heavy atom. The van der Waals surface area contributed by atoms with Gasteiger partial charge >= 0.3 is 0 Å². The zero-order valence-electron chi connectivity index (χ0n) is 17.8. The topological polar surface area (TPSA) is 61.8 Å². The Balaban J connectivity index is 1.23. The van der Waals surface area contributed by atoms with E-state index in [0.29, 0.717) is 19.2 Å². The average molecular weight is 436 g/mol. The standard InChI is InChI=1S/C24H29N5OS/c1-25-24(28-20-10-13-29(14-11-20)23-9-5-15-31-23)27-17-19-6-4-8-22(16-19)30-18-21-7-2-3-12-26-21/h2-9,12,15-16,20H,10-11,13-14,17-18H2,1H3,(H2,25,27,28). The van der Waals surface area contributed by atoms with Crippen LogP contribution < -0.4 is 20.3 Å². The van der Waals surface area contributed by atoms with Crippen LogP contribution in [0.3, 0.4) is 0 Å². The molecular formula is C24H29N5OS. The summed E-state index contributed by atoms with van der Waals surface area (Å²) >= 11 is 1.81. The molecule has 3 heterocycles. The molecule has 1 fully saturated rings. The monoisotopic (exact) mass is 435 g/mol. The number of nitrogens with one attached hydrogen (secondary N) is 2. The van der Waals surface area contributed by atoms with E-state index in [0.717, 1.165) is 48.9 Å². The van der Waals surface area contributed by atoms with E-state index >= 15 is 0 Å². The van der Waals surface area contributed by atoms with E-state index < -0.39 is 0 Å². The Morgan fingerprint density at radius 2 is 2.06 bits per heavy atom. The van der Waals surface area contributed by atoms with Crippen LogP contribution in [0.15, 0.2) is 71.2 Å². The van der Waals surface area contributed by atoms with Gasteiger partial charge in [-0.05, 0) is 60.2 Å². The first-order valence-corrected chi connectivity index (χ1v) is 11.6. The summed E-state index contributed by atoms with van der Waals surface area (Å²) in [5.74, 6) is 1.68. The van der Waals surface area contributed by atoms with E-state index in [1.807, 2.05) is 48.7 Å². The Bertz CT molecular complexity index is 953. The largest absolute Gasteiger partial charge is 0.487 e. The lowest BCUT2D eigenvalue weighted by atomic mass is 10.1. The zero-order chi connectivity index (χ0) is 21.3. The minimum atomic E-state index is 0.440. The summed E-state index contributed by atoms with van der Waals surface area (Å²) in [6.45, 7) is 3.30. The minimum Gasteiger partial charge on any atom is -0.487 e. The molecule has 1 aliphatic heterocycles. The van der Waals surface area contributed by atoms with Gasteiger partial charge in [0.25, 0.3) is 0 Å². The molecule has 6 nitrogen and oxygen atoms in total. The van der Waals surface area contributed by atoms with Crippen molar-refractivity contribution in [3.63, 3.8) is 0 Å². The number of guanidine groups is 1. The summed E-state index contributed by atoms with van der Waals surface area (Å²) < 4.78 is 5.89. The Hall–Kier alpha value is -3.06. The smallest absolute Gasteiger partial charge is 0.191 e. The van der Waals surface area contributed by atoms with Gasteiger partial charge in [0.05, 0.1) is 10.7 Å². The quantitative estimate of drug-likeness (QED) is 0.433. The predicted molar refractivity (Wildman–Crippen MR) is 128 cm³/mol. The van der Waals surface area contributed by atoms with E-state index in [-0.39, 0.29) is 0 Å². The number of pyridine rings is 1. The molecule has 31 heavy (non-hydrogen) atoms. The number of rotatable bonds is 7. The number of benzene rings is 1. The maximum Gasteiger partial charge on any atom is 0.191 e. The van der Waals surface area contributed by atoms with E-state index in [1.165, 1.54) is 5.00 Å². The number of anilines is 1. The van der Waals surface area contributed by atoms with Crippen molar-refractivity contribution in [1.29, 1.82) is 0 Å². The minimum absolute atomic E-state index is 0.440. The van der Waals surface area contributed by atoms with Gasteiger partial charge in [-0.3, -0.25) is 9.98 Å². The third-order valence-electron chi connectivity index (χ3n) is 5.35. The molecule has 0 aliphatic carbocycles. The van der Waals surface area contributed by atoms with Gasteiger partial charge in [0, 0.05) is 38.9 Å². The summed E-state index contributed by atoms with van der Waals surface area (Å²) in [5.41, 5.74) is 2.06. The van der Waals surface area contributed by atoms with Crippen LogP contribution in [0.25, 0.3) is 0 Å². The normalized spacial score (nSPS) is 15.0. The molecule has 7 heteroatoms. The second-order valence-corrected chi connectivity index (χ2v) is 8.47. The second kappa shape index (κ2) is 10.8. The molecule has 2 aromatic heterocycles. The van der Waals surface area contributed by atoms with Crippen LogP contribution in [0.5, 0.6) is 5.75 Å². The van der Waals surface area contributed by atoms with Crippen molar-refractivity contribution < 1.29 is 4.74 Å². The van der Waals surface area contributed by atoms with Crippen molar-refractivity contribution in [1.82, 2.24) is 15.6 Å². The predicted octanol–water partition coefficient (Wildman–Crippen LogP) is 4.06. The summed E-state index contributed by atoms with van der Waals surface area (Å²) in [5, 5.41) is 10.5. The van der Waals surface area contributed by atoms with Gasteiger partial charge in [0.1, 0.15) is 12.4 Å². The lowest BCUT2D eigenvalue weighted by Gasteiger charge is -2.33. The van der Waals surface area contributed by atoms with E-state index in [2.05, 4.69) is 55.2 Å². The Labute approximate surface area is 188 Å². The zero-order valence-corrected chi connectivity index (χ0v) is 18.6. The highest BCUT2D eigenvalue weighted by molar-refractivity contribution is 7.14. The molecule has 162 valence electrons. The number of piperidine rings is 1. The molecule has 0 unspecified atom stereocenters. The van der Waals surface area contributed by atoms with Crippen molar-refractivity contribution in [3.05, 3.63) is 77.4 Å². The van der Waals surface area contributed by atoms with E-state index in [1.54, 1.807) is 6.20 Å². The number of aliphatic imine (C=N–C) groups is 1. The molecule has 4 rings (SSSR count). The van der Waals surface area contributed by atoms with Gasteiger partial charge in [-0.2, -0.15) is 0 Å². The van der Waals surface area contributed by atoms with Crippen molar-refractivity contribution in [3.8, 4) is 5.75 Å². The molecular weight excluding hydrogens is 406 g/mol. The number of aromatic nitrogens is 1. The molecule has 1 aliphatic rings. The molecule has 2 N–H and O–H groups in total. The van der Waals surface area contributed by atoms with Gasteiger partial charge < -0.3 is 20.3 Å². The van der Waals surface area contributed by atoms with Gasteiger partial charge in [0.15, 0.2) is 5.96 Å². The number of hydrogen-bond donors (Lipinski definition) is 2. The SMILES string of the molecule is CN=C(NCc1cccc(OCc2ccccn2)c1)NC1CCN(c2cccs2)CC1. The number of thiophene rings is 1. The first-order valence-electron chi connectivity index (χ1n) is 10.7. The van der Waals surface area contributed by atoms with Crippen LogP contribution in [0.1, 0.15) is 24.1 Å². The first-order chi connectivity index (χ1) is 15.3. The number of nitrogens with zero attached hydrogens (tertiary/aromatic N) is 3. The average Bonchev–Trinajstić information content (AvgIpc) is 3.37. The van der Waals surface area contributed by atoms with E-state index in [9.17, 15) is 0 Å². The maximum absolute atomic E-state index is 5.89. The van der Waals surface area contributed by atoms with Crippen LogP contribution in [0.2, 0.25) is 0 Å². The van der Waals surface area contributed by atoms with Crippen LogP contribution in [0, 0.1) is 0 Å². The lowest BCUT2D eigenvalue weighted by molar-refractivity contribution is 0.301. The van der Waals surface area contributed by atoms with Gasteiger partial charge in [-0.15, -0.1) is 11.3 Å². The highest BCUT2D eigenvalue weighted by atomic mass is 32.1.